The summed E-state index contributed by atoms with van der Waals surface area (Å²) >= 11 is 0. The van der Waals surface area contributed by atoms with Crippen LogP contribution >= 0.6 is 0 Å². The molecule has 1 aliphatic rings. The Morgan fingerprint density at radius 2 is 1.93 bits per heavy atom. The normalized spacial score (nSPS) is 17.5. The molecule has 1 heterocycles. The third kappa shape index (κ3) is 4.82. The summed E-state index contributed by atoms with van der Waals surface area (Å²) in [5, 5.41) is 3.03. The first kappa shape index (κ1) is 21.0. The second-order valence-electron chi connectivity index (χ2n) is 6.94. The van der Waals surface area contributed by atoms with Crippen LogP contribution < -0.4 is 19.1 Å². The van der Waals surface area contributed by atoms with Gasteiger partial charge in [0.15, 0.2) is 6.10 Å². The van der Waals surface area contributed by atoms with Crippen molar-refractivity contribution in [2.75, 3.05) is 24.2 Å². The second kappa shape index (κ2) is 8.73. The van der Waals surface area contributed by atoms with Gasteiger partial charge in [-0.2, -0.15) is 0 Å². The van der Waals surface area contributed by atoms with E-state index in [0.717, 1.165) is 17.6 Å². The Labute approximate surface area is 171 Å². The van der Waals surface area contributed by atoms with Crippen molar-refractivity contribution >= 4 is 21.6 Å². The van der Waals surface area contributed by atoms with E-state index in [1.165, 1.54) is 4.31 Å². The van der Waals surface area contributed by atoms with Gasteiger partial charge in [0.1, 0.15) is 11.5 Å². The molecule has 1 aliphatic heterocycles. The smallest absolute Gasteiger partial charge is 0.261 e. The average Bonchev–Trinajstić information content (AvgIpc) is 2.91. The number of anilines is 1. The Kier molecular flexibility index (Phi) is 6.32. The maximum Gasteiger partial charge on any atom is 0.261 e. The minimum absolute atomic E-state index is 0.174. The van der Waals surface area contributed by atoms with Crippen LogP contribution in [0.4, 0.5) is 5.69 Å². The number of sulfonamides is 1. The van der Waals surface area contributed by atoms with E-state index in [2.05, 4.69) is 5.32 Å². The second-order valence-corrected chi connectivity index (χ2v) is 8.85. The molecule has 8 heteroatoms. The van der Waals surface area contributed by atoms with E-state index in [0.29, 0.717) is 17.9 Å². The molecule has 2 atom stereocenters. The Morgan fingerprint density at radius 3 is 2.55 bits per heavy atom. The average molecular weight is 419 g/mol. The summed E-state index contributed by atoms with van der Waals surface area (Å²) < 4.78 is 36.8. The van der Waals surface area contributed by atoms with Gasteiger partial charge in [-0.1, -0.05) is 31.2 Å². The maximum atomic E-state index is 13.0. The lowest BCUT2D eigenvalue weighted by Gasteiger charge is -2.22. The lowest BCUT2D eigenvalue weighted by molar-refractivity contribution is -0.128. The standard InChI is InChI=1S/C21H26N2O5S/c1-4-17(15-9-11-16(27-2)12-10-15)22-21(24)20-13-14-23(29(3,25)26)18-7-5-6-8-19(18)28-20/h5-12,17,20H,4,13-14H2,1-3H3,(H,22,24)/t17-,20+/m0/s1. The zero-order valence-corrected chi connectivity index (χ0v) is 17.6. The van der Waals surface area contributed by atoms with Crippen LogP contribution in [0.5, 0.6) is 11.5 Å². The minimum Gasteiger partial charge on any atom is -0.497 e. The highest BCUT2D eigenvalue weighted by atomic mass is 32.2. The van der Waals surface area contributed by atoms with Gasteiger partial charge in [-0.15, -0.1) is 0 Å². The molecule has 2 aromatic rings. The van der Waals surface area contributed by atoms with E-state index in [1.54, 1.807) is 31.4 Å². The molecular weight excluding hydrogens is 392 g/mol. The largest absolute Gasteiger partial charge is 0.497 e. The Bertz CT molecular complexity index is 959. The number of amides is 1. The molecule has 3 rings (SSSR count). The first-order valence-electron chi connectivity index (χ1n) is 9.51. The summed E-state index contributed by atoms with van der Waals surface area (Å²) in [7, 11) is -1.87. The van der Waals surface area contributed by atoms with E-state index < -0.39 is 16.1 Å². The molecule has 0 spiro atoms. The van der Waals surface area contributed by atoms with Gasteiger partial charge in [0, 0.05) is 13.0 Å². The number of para-hydroxylation sites is 2. The van der Waals surface area contributed by atoms with Crippen LogP contribution in [0.25, 0.3) is 0 Å². The van der Waals surface area contributed by atoms with Crippen LogP contribution in [0.3, 0.4) is 0 Å². The predicted molar refractivity (Wildman–Crippen MR) is 112 cm³/mol. The quantitative estimate of drug-likeness (QED) is 0.780. The van der Waals surface area contributed by atoms with Gasteiger partial charge in [0.25, 0.3) is 5.91 Å². The fraction of sp³-hybridized carbons (Fsp3) is 0.381. The molecule has 1 N–H and O–H groups in total. The first-order chi connectivity index (χ1) is 13.8. The Balaban J connectivity index is 1.78. The summed E-state index contributed by atoms with van der Waals surface area (Å²) in [6, 6.07) is 14.2. The molecule has 0 bridgehead atoms. The molecule has 2 aromatic carbocycles. The van der Waals surface area contributed by atoms with Crippen molar-refractivity contribution in [3.05, 3.63) is 54.1 Å². The molecule has 0 saturated carbocycles. The Morgan fingerprint density at radius 1 is 1.24 bits per heavy atom. The van der Waals surface area contributed by atoms with E-state index in [-0.39, 0.29) is 24.9 Å². The molecule has 0 saturated heterocycles. The number of carbonyl (C=O) groups is 1. The van der Waals surface area contributed by atoms with Crippen molar-refractivity contribution in [1.82, 2.24) is 5.32 Å². The lowest BCUT2D eigenvalue weighted by atomic mass is 10.0. The monoisotopic (exact) mass is 418 g/mol. The molecule has 29 heavy (non-hydrogen) atoms. The number of benzene rings is 2. The molecular formula is C21H26N2O5S. The number of rotatable bonds is 6. The third-order valence-corrected chi connectivity index (χ3v) is 6.11. The molecule has 0 aliphatic carbocycles. The van der Waals surface area contributed by atoms with E-state index in [4.69, 9.17) is 9.47 Å². The zero-order valence-electron chi connectivity index (χ0n) is 16.8. The molecule has 7 nitrogen and oxygen atoms in total. The fourth-order valence-electron chi connectivity index (χ4n) is 3.38. The van der Waals surface area contributed by atoms with Gasteiger partial charge in [-0.25, -0.2) is 8.42 Å². The molecule has 156 valence electrons. The van der Waals surface area contributed by atoms with Gasteiger partial charge in [-0.3, -0.25) is 9.10 Å². The molecule has 0 aromatic heterocycles. The number of hydrogen-bond acceptors (Lipinski definition) is 5. The van der Waals surface area contributed by atoms with Crippen molar-refractivity contribution in [1.29, 1.82) is 0 Å². The summed E-state index contributed by atoms with van der Waals surface area (Å²) in [6.45, 7) is 2.16. The fourth-order valence-corrected chi connectivity index (χ4v) is 4.33. The number of nitrogens with one attached hydrogen (secondary N) is 1. The van der Waals surface area contributed by atoms with E-state index >= 15 is 0 Å². The van der Waals surface area contributed by atoms with E-state index in [1.807, 2.05) is 31.2 Å². The van der Waals surface area contributed by atoms with Crippen LogP contribution in [0.2, 0.25) is 0 Å². The van der Waals surface area contributed by atoms with Crippen molar-refractivity contribution in [3.63, 3.8) is 0 Å². The Hall–Kier alpha value is -2.74. The van der Waals surface area contributed by atoms with Crippen molar-refractivity contribution in [2.24, 2.45) is 0 Å². The number of hydrogen-bond donors (Lipinski definition) is 1. The van der Waals surface area contributed by atoms with Gasteiger partial charge in [0.05, 0.1) is 25.1 Å². The highest BCUT2D eigenvalue weighted by molar-refractivity contribution is 7.92. The number of carbonyl (C=O) groups excluding carboxylic acids is 1. The molecule has 1 amide bonds. The number of ether oxygens (including phenoxy) is 2. The van der Waals surface area contributed by atoms with Gasteiger partial charge in [0.2, 0.25) is 10.0 Å². The summed E-state index contributed by atoms with van der Waals surface area (Å²) in [5.41, 5.74) is 1.42. The maximum absolute atomic E-state index is 13.0. The first-order valence-corrected chi connectivity index (χ1v) is 11.4. The predicted octanol–water partition coefficient (Wildman–Crippen LogP) is 2.88. The van der Waals surface area contributed by atoms with Crippen LogP contribution in [-0.2, 0) is 14.8 Å². The summed E-state index contributed by atoms with van der Waals surface area (Å²) in [5.74, 6) is 0.866. The van der Waals surface area contributed by atoms with Crippen molar-refractivity contribution in [3.8, 4) is 11.5 Å². The topological polar surface area (TPSA) is 84.9 Å². The zero-order chi connectivity index (χ0) is 21.0. The third-order valence-electron chi connectivity index (χ3n) is 4.93. The van der Waals surface area contributed by atoms with Crippen LogP contribution in [-0.4, -0.2) is 40.3 Å². The number of fused-ring (bicyclic) bond motifs is 1. The molecule has 0 radical (unpaired) electrons. The van der Waals surface area contributed by atoms with Crippen LogP contribution in [0, 0.1) is 0 Å². The highest BCUT2D eigenvalue weighted by Gasteiger charge is 2.31. The van der Waals surface area contributed by atoms with E-state index in [9.17, 15) is 13.2 Å². The molecule has 0 unspecified atom stereocenters. The lowest BCUT2D eigenvalue weighted by Crippen LogP contribution is -2.41. The van der Waals surface area contributed by atoms with Gasteiger partial charge >= 0.3 is 0 Å². The minimum atomic E-state index is -3.48. The number of nitrogens with zero attached hydrogens (tertiary/aromatic N) is 1. The van der Waals surface area contributed by atoms with Gasteiger partial charge in [-0.05, 0) is 36.2 Å². The summed E-state index contributed by atoms with van der Waals surface area (Å²) in [6.07, 6.45) is 1.33. The van der Waals surface area contributed by atoms with Crippen molar-refractivity contribution in [2.45, 2.75) is 31.9 Å². The number of methoxy groups -OCH3 is 1. The van der Waals surface area contributed by atoms with Gasteiger partial charge < -0.3 is 14.8 Å². The SMILES string of the molecule is CC[C@H](NC(=O)[C@H]1CCN(S(C)(=O)=O)c2ccccc2O1)c1ccc(OC)cc1. The summed E-state index contributed by atoms with van der Waals surface area (Å²) in [4.78, 5) is 13.0. The highest BCUT2D eigenvalue weighted by Crippen LogP contribution is 2.34. The van der Waals surface area contributed by atoms with Crippen molar-refractivity contribution < 1.29 is 22.7 Å². The van der Waals surface area contributed by atoms with Crippen LogP contribution in [0.1, 0.15) is 31.4 Å². The van der Waals surface area contributed by atoms with Crippen LogP contribution in [0.15, 0.2) is 48.5 Å². The molecule has 0 fully saturated rings.